The Hall–Kier alpha value is -1.86. The van der Waals surface area contributed by atoms with Gasteiger partial charge in [-0.3, -0.25) is 5.21 Å². The molecule has 112 valence electrons. The SMILES string of the molecule is NC(=O)N(O)CC1CCc2sc(Cc3ncc[nH]3)cc2C1. The number of hydrogen-bond donors (Lipinski definition) is 3. The van der Waals surface area contributed by atoms with E-state index in [0.29, 0.717) is 11.6 Å². The second kappa shape index (κ2) is 5.87. The molecule has 0 aliphatic heterocycles. The van der Waals surface area contributed by atoms with Gasteiger partial charge in [0.2, 0.25) is 0 Å². The van der Waals surface area contributed by atoms with Crippen molar-refractivity contribution in [3.63, 3.8) is 0 Å². The largest absolute Gasteiger partial charge is 0.350 e. The molecule has 0 fully saturated rings. The first-order valence-corrected chi connectivity index (χ1v) is 7.78. The second-order valence-electron chi connectivity index (χ2n) is 5.40. The number of imidazole rings is 1. The fraction of sp³-hybridized carbons (Fsp3) is 0.429. The number of aromatic nitrogens is 2. The summed E-state index contributed by atoms with van der Waals surface area (Å²) in [7, 11) is 0. The van der Waals surface area contributed by atoms with Crippen molar-refractivity contribution in [3.8, 4) is 0 Å². The number of rotatable bonds is 4. The number of thiophene rings is 1. The normalized spacial score (nSPS) is 17.5. The van der Waals surface area contributed by atoms with Crippen LogP contribution in [0.4, 0.5) is 4.79 Å². The van der Waals surface area contributed by atoms with Crippen LogP contribution in [-0.2, 0) is 19.3 Å². The summed E-state index contributed by atoms with van der Waals surface area (Å²) in [5.41, 5.74) is 6.39. The monoisotopic (exact) mass is 306 g/mol. The van der Waals surface area contributed by atoms with Gasteiger partial charge >= 0.3 is 6.03 Å². The number of carbonyl (C=O) groups excluding carboxylic acids is 1. The van der Waals surface area contributed by atoms with Crippen molar-refractivity contribution in [1.82, 2.24) is 15.0 Å². The third-order valence-electron chi connectivity index (χ3n) is 3.82. The van der Waals surface area contributed by atoms with Gasteiger partial charge in [-0.2, -0.15) is 0 Å². The predicted molar refractivity (Wildman–Crippen MR) is 79.3 cm³/mol. The van der Waals surface area contributed by atoms with E-state index in [9.17, 15) is 10.0 Å². The Morgan fingerprint density at radius 1 is 1.62 bits per heavy atom. The number of aryl methyl sites for hydroxylation is 1. The number of nitrogens with one attached hydrogen (secondary N) is 1. The van der Waals surface area contributed by atoms with Crippen molar-refractivity contribution in [1.29, 1.82) is 0 Å². The molecule has 0 bridgehead atoms. The molecular formula is C14H18N4O2S. The highest BCUT2D eigenvalue weighted by atomic mass is 32.1. The number of carbonyl (C=O) groups is 1. The van der Waals surface area contributed by atoms with Crippen LogP contribution in [0, 0.1) is 5.92 Å². The zero-order valence-corrected chi connectivity index (χ0v) is 12.4. The molecule has 2 heterocycles. The Morgan fingerprint density at radius 3 is 3.19 bits per heavy atom. The molecule has 0 saturated heterocycles. The predicted octanol–water partition coefficient (Wildman–Crippen LogP) is 1.94. The van der Waals surface area contributed by atoms with Crippen LogP contribution in [0.25, 0.3) is 0 Å². The number of nitrogens with zero attached hydrogens (tertiary/aromatic N) is 2. The maximum absolute atomic E-state index is 10.9. The summed E-state index contributed by atoms with van der Waals surface area (Å²) in [6.07, 6.45) is 7.27. The number of nitrogens with two attached hydrogens (primary N) is 1. The molecule has 1 atom stereocenters. The van der Waals surface area contributed by atoms with Crippen LogP contribution in [0.1, 0.15) is 27.6 Å². The van der Waals surface area contributed by atoms with E-state index < -0.39 is 6.03 Å². The summed E-state index contributed by atoms with van der Waals surface area (Å²) in [4.78, 5) is 21.0. The molecule has 0 spiro atoms. The minimum Gasteiger partial charge on any atom is -0.350 e. The molecule has 0 saturated carbocycles. The van der Waals surface area contributed by atoms with Crippen molar-refractivity contribution in [2.75, 3.05) is 6.54 Å². The maximum atomic E-state index is 10.9. The van der Waals surface area contributed by atoms with Crippen molar-refractivity contribution < 1.29 is 10.0 Å². The van der Waals surface area contributed by atoms with Gasteiger partial charge in [0.05, 0.1) is 6.54 Å². The van der Waals surface area contributed by atoms with Crippen molar-refractivity contribution in [3.05, 3.63) is 39.6 Å². The summed E-state index contributed by atoms with van der Waals surface area (Å²) in [6.45, 7) is 0.304. The lowest BCUT2D eigenvalue weighted by atomic mass is 9.88. The van der Waals surface area contributed by atoms with Gasteiger partial charge in [0, 0.05) is 28.6 Å². The fourth-order valence-corrected chi connectivity index (χ4v) is 4.02. The van der Waals surface area contributed by atoms with E-state index in [2.05, 4.69) is 16.0 Å². The highest BCUT2D eigenvalue weighted by Gasteiger charge is 2.24. The van der Waals surface area contributed by atoms with Gasteiger partial charge in [0.15, 0.2) is 0 Å². The second-order valence-corrected chi connectivity index (χ2v) is 6.62. The van der Waals surface area contributed by atoms with Crippen LogP contribution in [0.3, 0.4) is 0 Å². The van der Waals surface area contributed by atoms with E-state index in [-0.39, 0.29) is 5.92 Å². The Labute approximate surface area is 126 Å². The van der Waals surface area contributed by atoms with E-state index >= 15 is 0 Å². The summed E-state index contributed by atoms with van der Waals surface area (Å²) in [6, 6.07) is 1.44. The molecule has 2 amide bonds. The van der Waals surface area contributed by atoms with Gasteiger partial charge < -0.3 is 10.7 Å². The number of hydroxylamine groups is 2. The van der Waals surface area contributed by atoms with Crippen molar-refractivity contribution in [2.24, 2.45) is 11.7 Å². The first-order valence-electron chi connectivity index (χ1n) is 6.96. The summed E-state index contributed by atoms with van der Waals surface area (Å²) in [5.74, 6) is 1.24. The molecule has 3 rings (SSSR count). The molecule has 2 aromatic heterocycles. The maximum Gasteiger partial charge on any atom is 0.338 e. The smallest absolute Gasteiger partial charge is 0.338 e. The number of fused-ring (bicyclic) bond motifs is 1. The van der Waals surface area contributed by atoms with Crippen molar-refractivity contribution >= 4 is 17.4 Å². The van der Waals surface area contributed by atoms with Crippen molar-refractivity contribution in [2.45, 2.75) is 25.7 Å². The van der Waals surface area contributed by atoms with E-state index in [4.69, 9.17) is 5.73 Å². The number of amides is 2. The molecule has 1 aliphatic rings. The number of hydrogen-bond acceptors (Lipinski definition) is 4. The highest BCUT2D eigenvalue weighted by Crippen LogP contribution is 2.33. The molecule has 2 aromatic rings. The highest BCUT2D eigenvalue weighted by molar-refractivity contribution is 7.12. The fourth-order valence-electron chi connectivity index (χ4n) is 2.80. The zero-order valence-electron chi connectivity index (χ0n) is 11.6. The minimum absolute atomic E-state index is 0.265. The Balaban J connectivity index is 1.66. The zero-order chi connectivity index (χ0) is 14.8. The summed E-state index contributed by atoms with van der Waals surface area (Å²) < 4.78 is 0. The summed E-state index contributed by atoms with van der Waals surface area (Å²) in [5, 5.41) is 10.1. The van der Waals surface area contributed by atoms with E-state index in [0.717, 1.165) is 31.5 Å². The Morgan fingerprint density at radius 2 is 2.48 bits per heavy atom. The Kier molecular flexibility index (Phi) is 3.94. The van der Waals surface area contributed by atoms with Gasteiger partial charge in [0.25, 0.3) is 0 Å². The molecule has 21 heavy (non-hydrogen) atoms. The Bertz CT molecular complexity index is 623. The van der Waals surface area contributed by atoms with Gasteiger partial charge in [-0.1, -0.05) is 0 Å². The van der Waals surface area contributed by atoms with Crippen LogP contribution < -0.4 is 5.73 Å². The molecule has 1 aliphatic carbocycles. The average Bonchev–Trinajstić information content (AvgIpc) is 3.07. The van der Waals surface area contributed by atoms with Crippen LogP contribution in [0.5, 0.6) is 0 Å². The van der Waals surface area contributed by atoms with E-state index in [1.807, 2.05) is 17.5 Å². The number of H-pyrrole nitrogens is 1. The van der Waals surface area contributed by atoms with Gasteiger partial charge in [0.1, 0.15) is 5.82 Å². The molecule has 1 unspecified atom stereocenters. The average molecular weight is 306 g/mol. The lowest BCUT2D eigenvalue weighted by Crippen LogP contribution is -2.37. The van der Waals surface area contributed by atoms with Crippen LogP contribution in [0.15, 0.2) is 18.5 Å². The van der Waals surface area contributed by atoms with Crippen LogP contribution >= 0.6 is 11.3 Å². The molecule has 0 radical (unpaired) electrons. The third kappa shape index (κ3) is 3.25. The third-order valence-corrected chi connectivity index (χ3v) is 5.06. The number of primary amides is 1. The number of aromatic amines is 1. The molecule has 0 aromatic carbocycles. The molecule has 7 heteroatoms. The lowest BCUT2D eigenvalue weighted by molar-refractivity contribution is -0.0516. The van der Waals surface area contributed by atoms with Gasteiger partial charge in [-0.15, -0.1) is 11.3 Å². The topological polar surface area (TPSA) is 95.2 Å². The van der Waals surface area contributed by atoms with Crippen LogP contribution in [0.2, 0.25) is 0 Å². The lowest BCUT2D eigenvalue weighted by Gasteiger charge is -2.24. The molecule has 6 nitrogen and oxygen atoms in total. The van der Waals surface area contributed by atoms with Crippen LogP contribution in [-0.4, -0.2) is 32.8 Å². The number of urea groups is 1. The minimum atomic E-state index is -0.787. The van der Waals surface area contributed by atoms with E-state index in [1.165, 1.54) is 15.3 Å². The standard InChI is InChI=1S/C14H18N4O2S/c15-14(19)18(20)8-9-1-2-12-10(5-9)6-11(21-12)7-13-16-3-4-17-13/h3-4,6,9,20H,1-2,5,7-8H2,(H2,15,19)(H,16,17). The first-order chi connectivity index (χ1) is 10.1. The molecular weight excluding hydrogens is 288 g/mol. The first kappa shape index (κ1) is 14.1. The molecule has 4 N–H and O–H groups in total. The van der Waals surface area contributed by atoms with E-state index in [1.54, 1.807) is 6.20 Å². The van der Waals surface area contributed by atoms with Gasteiger partial charge in [-0.05, 0) is 36.8 Å². The quantitative estimate of drug-likeness (QED) is 0.595. The summed E-state index contributed by atoms with van der Waals surface area (Å²) >= 11 is 1.83. The van der Waals surface area contributed by atoms with Gasteiger partial charge in [-0.25, -0.2) is 14.8 Å².